The predicted molar refractivity (Wildman–Crippen MR) is 59.7 cm³/mol. The van der Waals surface area contributed by atoms with Gasteiger partial charge in [0, 0.05) is 18.1 Å². The third-order valence-corrected chi connectivity index (χ3v) is 2.15. The molecule has 74 valence electrons. The molecule has 2 rings (SSSR count). The van der Waals surface area contributed by atoms with Crippen LogP contribution in [-0.4, -0.2) is 9.97 Å². The minimum atomic E-state index is 0. The Morgan fingerprint density at radius 2 is 2.07 bits per heavy atom. The first-order chi connectivity index (χ1) is 6.31. The van der Waals surface area contributed by atoms with Gasteiger partial charge in [0.25, 0.3) is 0 Å². The van der Waals surface area contributed by atoms with E-state index in [-0.39, 0.29) is 12.4 Å². The monoisotopic (exact) mass is 229 g/mol. The van der Waals surface area contributed by atoms with Crippen molar-refractivity contribution in [2.24, 2.45) is 5.73 Å². The second kappa shape index (κ2) is 4.55. The van der Waals surface area contributed by atoms with E-state index in [2.05, 4.69) is 9.97 Å². The number of fused-ring (bicyclic) bond motifs is 1. The van der Waals surface area contributed by atoms with Crippen molar-refractivity contribution in [3.63, 3.8) is 0 Å². The van der Waals surface area contributed by atoms with Crippen LogP contribution in [0.15, 0.2) is 24.4 Å². The smallest absolute Gasteiger partial charge is 0.160 e. The van der Waals surface area contributed by atoms with Crippen molar-refractivity contribution in [3.8, 4) is 0 Å². The zero-order valence-electron chi connectivity index (χ0n) is 7.27. The number of halogens is 2. The Morgan fingerprint density at radius 1 is 1.29 bits per heavy atom. The quantitative estimate of drug-likeness (QED) is 0.816. The molecule has 3 nitrogen and oxygen atoms in total. The van der Waals surface area contributed by atoms with Crippen LogP contribution in [-0.2, 0) is 6.54 Å². The zero-order chi connectivity index (χ0) is 9.26. The van der Waals surface area contributed by atoms with Crippen molar-refractivity contribution in [1.29, 1.82) is 0 Å². The van der Waals surface area contributed by atoms with Crippen LogP contribution in [0.5, 0.6) is 0 Å². The van der Waals surface area contributed by atoms with Crippen LogP contribution in [0.3, 0.4) is 0 Å². The molecule has 2 aromatic rings. The van der Waals surface area contributed by atoms with Crippen molar-refractivity contribution in [1.82, 2.24) is 9.97 Å². The lowest BCUT2D eigenvalue weighted by Crippen LogP contribution is -1.99. The van der Waals surface area contributed by atoms with Gasteiger partial charge in [0.2, 0.25) is 0 Å². The summed E-state index contributed by atoms with van der Waals surface area (Å²) < 4.78 is 0. The van der Waals surface area contributed by atoms with Crippen LogP contribution in [0.2, 0.25) is 5.02 Å². The average molecular weight is 230 g/mol. The van der Waals surface area contributed by atoms with Gasteiger partial charge in [-0.05, 0) is 18.2 Å². The molecule has 0 saturated carbocycles. The third kappa shape index (κ3) is 1.95. The van der Waals surface area contributed by atoms with E-state index in [1.54, 1.807) is 12.3 Å². The van der Waals surface area contributed by atoms with Gasteiger partial charge in [-0.1, -0.05) is 11.6 Å². The van der Waals surface area contributed by atoms with Crippen molar-refractivity contribution in [3.05, 3.63) is 35.1 Å². The first-order valence-electron chi connectivity index (χ1n) is 3.91. The van der Waals surface area contributed by atoms with E-state index in [1.807, 2.05) is 12.1 Å². The molecule has 2 heterocycles. The maximum Gasteiger partial charge on any atom is 0.160 e. The van der Waals surface area contributed by atoms with Crippen LogP contribution >= 0.6 is 24.0 Å². The SMILES string of the molecule is Cl.NCc1ccc2c(Cl)ccnc2n1. The van der Waals surface area contributed by atoms with Gasteiger partial charge in [-0.3, -0.25) is 0 Å². The van der Waals surface area contributed by atoms with Crippen LogP contribution < -0.4 is 5.73 Å². The standard InChI is InChI=1S/C9H8ClN3.ClH/c10-8-3-4-12-9-7(8)2-1-6(5-11)13-9;/h1-4H,5,11H2;1H. The molecular weight excluding hydrogens is 221 g/mol. The molecule has 2 aromatic heterocycles. The van der Waals surface area contributed by atoms with E-state index in [1.165, 1.54) is 0 Å². The minimum Gasteiger partial charge on any atom is -0.325 e. The van der Waals surface area contributed by atoms with E-state index in [0.29, 0.717) is 17.2 Å². The summed E-state index contributed by atoms with van der Waals surface area (Å²) >= 11 is 5.94. The Morgan fingerprint density at radius 3 is 2.79 bits per heavy atom. The molecule has 0 atom stereocenters. The molecule has 0 aliphatic heterocycles. The second-order valence-corrected chi connectivity index (χ2v) is 3.08. The van der Waals surface area contributed by atoms with Gasteiger partial charge in [0.1, 0.15) is 0 Å². The second-order valence-electron chi connectivity index (χ2n) is 2.67. The molecule has 14 heavy (non-hydrogen) atoms. The largest absolute Gasteiger partial charge is 0.325 e. The van der Waals surface area contributed by atoms with Gasteiger partial charge in [-0.2, -0.15) is 0 Å². The fourth-order valence-corrected chi connectivity index (χ4v) is 1.35. The van der Waals surface area contributed by atoms with E-state index in [4.69, 9.17) is 17.3 Å². The Bertz CT molecular complexity index is 445. The van der Waals surface area contributed by atoms with Gasteiger partial charge >= 0.3 is 0 Å². The highest BCUT2D eigenvalue weighted by Crippen LogP contribution is 2.19. The Labute approximate surface area is 92.7 Å². The fourth-order valence-electron chi connectivity index (χ4n) is 1.15. The molecule has 0 aliphatic rings. The number of aromatic nitrogens is 2. The Balaban J connectivity index is 0.000000980. The Hall–Kier alpha value is -0.900. The third-order valence-electron chi connectivity index (χ3n) is 1.82. The van der Waals surface area contributed by atoms with E-state index in [0.717, 1.165) is 11.1 Å². The van der Waals surface area contributed by atoms with Crippen molar-refractivity contribution in [2.75, 3.05) is 0 Å². The van der Waals surface area contributed by atoms with E-state index >= 15 is 0 Å². The molecule has 0 unspecified atom stereocenters. The van der Waals surface area contributed by atoms with Gasteiger partial charge in [-0.25, -0.2) is 9.97 Å². The maximum atomic E-state index is 5.94. The molecule has 0 fully saturated rings. The van der Waals surface area contributed by atoms with E-state index < -0.39 is 0 Å². The minimum absolute atomic E-state index is 0. The average Bonchev–Trinajstić information content (AvgIpc) is 2.18. The van der Waals surface area contributed by atoms with Crippen molar-refractivity contribution < 1.29 is 0 Å². The highest BCUT2D eigenvalue weighted by atomic mass is 35.5. The van der Waals surface area contributed by atoms with Crippen molar-refractivity contribution >= 4 is 35.0 Å². The maximum absolute atomic E-state index is 5.94. The number of pyridine rings is 2. The van der Waals surface area contributed by atoms with Crippen LogP contribution in [0.4, 0.5) is 0 Å². The van der Waals surface area contributed by atoms with Crippen LogP contribution in [0.25, 0.3) is 11.0 Å². The van der Waals surface area contributed by atoms with Gasteiger partial charge in [-0.15, -0.1) is 12.4 Å². The molecule has 2 N–H and O–H groups in total. The molecule has 0 spiro atoms. The first kappa shape index (κ1) is 11.2. The lowest BCUT2D eigenvalue weighted by atomic mass is 10.2. The summed E-state index contributed by atoms with van der Waals surface area (Å²) in [4.78, 5) is 8.33. The summed E-state index contributed by atoms with van der Waals surface area (Å²) in [5.74, 6) is 0. The van der Waals surface area contributed by atoms with E-state index in [9.17, 15) is 0 Å². The summed E-state index contributed by atoms with van der Waals surface area (Å²) in [6.07, 6.45) is 1.64. The molecule has 0 radical (unpaired) electrons. The molecule has 0 bridgehead atoms. The number of rotatable bonds is 1. The molecule has 0 saturated heterocycles. The number of hydrogen-bond donors (Lipinski definition) is 1. The van der Waals surface area contributed by atoms with Crippen molar-refractivity contribution in [2.45, 2.75) is 6.54 Å². The lowest BCUT2D eigenvalue weighted by molar-refractivity contribution is 0.999. The van der Waals surface area contributed by atoms with Crippen LogP contribution in [0.1, 0.15) is 5.69 Å². The normalized spacial score (nSPS) is 9.86. The highest BCUT2D eigenvalue weighted by molar-refractivity contribution is 6.35. The number of nitrogens with two attached hydrogens (primary N) is 1. The predicted octanol–water partition coefficient (Wildman–Crippen LogP) is 2.16. The molecule has 0 aromatic carbocycles. The highest BCUT2D eigenvalue weighted by Gasteiger charge is 2.00. The lowest BCUT2D eigenvalue weighted by Gasteiger charge is -2.00. The molecule has 0 aliphatic carbocycles. The van der Waals surface area contributed by atoms with Crippen LogP contribution in [0, 0.1) is 0 Å². The fraction of sp³-hybridized carbons (Fsp3) is 0.111. The summed E-state index contributed by atoms with van der Waals surface area (Å²) in [5, 5.41) is 1.53. The number of nitrogens with zero attached hydrogens (tertiary/aromatic N) is 2. The summed E-state index contributed by atoms with van der Waals surface area (Å²) in [6.45, 7) is 0.421. The van der Waals surface area contributed by atoms with Gasteiger partial charge < -0.3 is 5.73 Å². The van der Waals surface area contributed by atoms with Gasteiger partial charge in [0.15, 0.2) is 5.65 Å². The topological polar surface area (TPSA) is 51.8 Å². The first-order valence-corrected chi connectivity index (χ1v) is 4.29. The zero-order valence-corrected chi connectivity index (χ0v) is 8.85. The van der Waals surface area contributed by atoms with Gasteiger partial charge in [0.05, 0.1) is 10.7 Å². The summed E-state index contributed by atoms with van der Waals surface area (Å²) in [5.41, 5.74) is 6.93. The molecular formula is C9H9Cl2N3. The Kier molecular flexibility index (Phi) is 3.63. The summed E-state index contributed by atoms with van der Waals surface area (Å²) in [6, 6.07) is 5.49. The molecule has 0 amide bonds. The summed E-state index contributed by atoms with van der Waals surface area (Å²) in [7, 11) is 0. The number of hydrogen-bond acceptors (Lipinski definition) is 3. The molecule has 5 heteroatoms.